The van der Waals surface area contributed by atoms with E-state index >= 15 is 0 Å². The topological polar surface area (TPSA) is 99.6 Å². The molecule has 0 unspecified atom stereocenters. The number of hydrogen-bond donors (Lipinski definition) is 1. The van der Waals surface area contributed by atoms with Gasteiger partial charge in [-0.05, 0) is 25.1 Å². The first-order valence-corrected chi connectivity index (χ1v) is 8.70. The van der Waals surface area contributed by atoms with Crippen molar-refractivity contribution in [2.75, 3.05) is 7.11 Å². The standard InChI is InChI=1S/C15H13F3N4O3S/c1-8-13(26(19,23)24)14-20-6-9(7-22(14)21-8)11-4-3-10(15(16,17)18)5-12(11)25-2/h3-7H,1-2H3,(H2,19,23,24). The molecule has 0 atom stereocenters. The second-order valence-electron chi connectivity index (χ2n) is 5.48. The lowest BCUT2D eigenvalue weighted by Crippen LogP contribution is -2.13. The summed E-state index contributed by atoms with van der Waals surface area (Å²) in [6, 6.07) is 3.05. The zero-order valence-electron chi connectivity index (χ0n) is 13.6. The Kier molecular flexibility index (Phi) is 4.15. The number of alkyl halides is 3. The number of primary sulfonamides is 1. The lowest BCUT2D eigenvalue weighted by molar-refractivity contribution is -0.137. The van der Waals surface area contributed by atoms with Crippen LogP contribution in [-0.4, -0.2) is 30.1 Å². The van der Waals surface area contributed by atoms with E-state index < -0.39 is 21.8 Å². The van der Waals surface area contributed by atoms with Crippen molar-refractivity contribution in [1.82, 2.24) is 14.6 Å². The first-order chi connectivity index (χ1) is 12.0. The largest absolute Gasteiger partial charge is 0.496 e. The fourth-order valence-corrected chi connectivity index (χ4v) is 3.46. The van der Waals surface area contributed by atoms with Gasteiger partial charge in [0.15, 0.2) is 5.65 Å². The predicted molar refractivity (Wildman–Crippen MR) is 86.1 cm³/mol. The monoisotopic (exact) mass is 386 g/mol. The fourth-order valence-electron chi connectivity index (χ4n) is 2.60. The third-order valence-corrected chi connectivity index (χ3v) is 4.77. The summed E-state index contributed by atoms with van der Waals surface area (Å²) in [4.78, 5) is 3.85. The first kappa shape index (κ1) is 18.1. The van der Waals surface area contributed by atoms with Gasteiger partial charge < -0.3 is 4.74 Å². The van der Waals surface area contributed by atoms with Gasteiger partial charge >= 0.3 is 6.18 Å². The van der Waals surface area contributed by atoms with Gasteiger partial charge in [-0.15, -0.1) is 0 Å². The highest BCUT2D eigenvalue weighted by atomic mass is 32.2. The van der Waals surface area contributed by atoms with Crippen molar-refractivity contribution in [2.24, 2.45) is 5.14 Å². The molecule has 3 aromatic rings. The van der Waals surface area contributed by atoms with Gasteiger partial charge in [0, 0.05) is 23.5 Å². The van der Waals surface area contributed by atoms with Crippen molar-refractivity contribution in [1.29, 1.82) is 0 Å². The minimum atomic E-state index is -4.50. The molecule has 0 saturated carbocycles. The van der Waals surface area contributed by atoms with Crippen LogP contribution >= 0.6 is 0 Å². The molecule has 2 aromatic heterocycles. The molecular weight excluding hydrogens is 373 g/mol. The Morgan fingerprint density at radius 1 is 1.27 bits per heavy atom. The zero-order valence-corrected chi connectivity index (χ0v) is 14.4. The Labute approximate surface area is 146 Å². The van der Waals surface area contributed by atoms with Crippen LogP contribution in [0.3, 0.4) is 0 Å². The molecule has 26 heavy (non-hydrogen) atoms. The summed E-state index contributed by atoms with van der Waals surface area (Å²) in [6.07, 6.45) is -1.75. The van der Waals surface area contributed by atoms with E-state index in [9.17, 15) is 21.6 Å². The molecule has 2 N–H and O–H groups in total. The number of benzene rings is 1. The summed E-state index contributed by atoms with van der Waals surface area (Å²) in [6.45, 7) is 1.47. The Morgan fingerprint density at radius 2 is 1.96 bits per heavy atom. The second-order valence-corrected chi connectivity index (χ2v) is 6.98. The van der Waals surface area contributed by atoms with Crippen LogP contribution in [0.15, 0.2) is 35.5 Å². The SMILES string of the molecule is COc1cc(C(F)(F)F)ccc1-c1cnc2c(S(N)(=O)=O)c(C)nn2c1. The van der Waals surface area contributed by atoms with Crippen molar-refractivity contribution in [3.63, 3.8) is 0 Å². The number of fused-ring (bicyclic) bond motifs is 1. The third-order valence-electron chi connectivity index (χ3n) is 3.72. The molecule has 1 aromatic carbocycles. The van der Waals surface area contributed by atoms with Gasteiger partial charge in [-0.25, -0.2) is 23.1 Å². The van der Waals surface area contributed by atoms with Gasteiger partial charge in [-0.3, -0.25) is 0 Å². The van der Waals surface area contributed by atoms with Gasteiger partial charge in [-0.2, -0.15) is 18.3 Å². The summed E-state index contributed by atoms with van der Waals surface area (Å²) in [5, 5.41) is 9.22. The maximum absolute atomic E-state index is 12.9. The molecule has 0 aliphatic rings. The Balaban J connectivity index is 2.18. The van der Waals surface area contributed by atoms with Crippen molar-refractivity contribution in [2.45, 2.75) is 18.0 Å². The van der Waals surface area contributed by atoms with E-state index in [4.69, 9.17) is 9.88 Å². The van der Waals surface area contributed by atoms with Crippen LogP contribution in [0.2, 0.25) is 0 Å². The molecule has 138 valence electrons. The number of methoxy groups -OCH3 is 1. The van der Waals surface area contributed by atoms with E-state index in [2.05, 4.69) is 10.1 Å². The zero-order chi connectivity index (χ0) is 19.3. The Bertz CT molecular complexity index is 1110. The summed E-state index contributed by atoms with van der Waals surface area (Å²) in [5.74, 6) is -0.00322. The number of halogens is 3. The molecule has 0 aliphatic heterocycles. The molecule has 7 nitrogen and oxygen atoms in total. The number of nitrogens with zero attached hydrogens (tertiary/aromatic N) is 3. The van der Waals surface area contributed by atoms with Crippen molar-refractivity contribution < 1.29 is 26.3 Å². The molecule has 0 saturated heterocycles. The van der Waals surface area contributed by atoms with E-state index in [0.29, 0.717) is 11.1 Å². The van der Waals surface area contributed by atoms with Crippen LogP contribution in [0, 0.1) is 6.92 Å². The summed E-state index contributed by atoms with van der Waals surface area (Å²) >= 11 is 0. The van der Waals surface area contributed by atoms with Gasteiger partial charge in [0.2, 0.25) is 10.0 Å². The molecule has 0 spiro atoms. The number of nitrogens with two attached hydrogens (primary N) is 1. The van der Waals surface area contributed by atoms with Crippen LogP contribution in [-0.2, 0) is 16.2 Å². The first-order valence-electron chi connectivity index (χ1n) is 7.16. The highest BCUT2D eigenvalue weighted by Crippen LogP contribution is 2.37. The van der Waals surface area contributed by atoms with Crippen LogP contribution in [0.4, 0.5) is 13.2 Å². The smallest absolute Gasteiger partial charge is 0.416 e. The maximum Gasteiger partial charge on any atom is 0.416 e. The van der Waals surface area contributed by atoms with E-state index in [0.717, 1.165) is 12.1 Å². The highest BCUT2D eigenvalue weighted by molar-refractivity contribution is 7.89. The molecule has 0 fully saturated rings. The van der Waals surface area contributed by atoms with Crippen molar-refractivity contribution in [3.8, 4) is 16.9 Å². The number of hydrogen-bond acceptors (Lipinski definition) is 5. The molecule has 0 amide bonds. The molecule has 0 aliphatic carbocycles. The second kappa shape index (κ2) is 5.95. The Morgan fingerprint density at radius 3 is 2.54 bits per heavy atom. The minimum absolute atomic E-state index is 0.00322. The van der Waals surface area contributed by atoms with Crippen molar-refractivity contribution >= 4 is 15.7 Å². The molecule has 3 rings (SSSR count). The van der Waals surface area contributed by atoms with Crippen LogP contribution in [0.5, 0.6) is 5.75 Å². The number of ether oxygens (including phenoxy) is 1. The van der Waals surface area contributed by atoms with Gasteiger partial charge in [0.05, 0.1) is 18.4 Å². The number of rotatable bonds is 3. The van der Waals surface area contributed by atoms with E-state index in [1.807, 2.05) is 0 Å². The third kappa shape index (κ3) is 3.10. The number of sulfonamides is 1. The van der Waals surface area contributed by atoms with Gasteiger partial charge in [0.25, 0.3) is 0 Å². The lowest BCUT2D eigenvalue weighted by Gasteiger charge is -2.12. The quantitative estimate of drug-likeness (QED) is 0.745. The van der Waals surface area contributed by atoms with E-state index in [-0.39, 0.29) is 22.0 Å². The minimum Gasteiger partial charge on any atom is -0.496 e. The molecule has 0 bridgehead atoms. The lowest BCUT2D eigenvalue weighted by atomic mass is 10.0. The molecule has 2 heterocycles. The van der Waals surface area contributed by atoms with Crippen molar-refractivity contribution in [3.05, 3.63) is 41.9 Å². The average Bonchev–Trinajstić information content (AvgIpc) is 2.88. The highest BCUT2D eigenvalue weighted by Gasteiger charge is 2.31. The summed E-state index contributed by atoms with van der Waals surface area (Å²) < 4.78 is 68.2. The average molecular weight is 386 g/mol. The summed E-state index contributed by atoms with van der Waals surface area (Å²) in [5.41, 5.74) is 0.0847. The van der Waals surface area contributed by atoms with Crippen LogP contribution in [0.1, 0.15) is 11.3 Å². The van der Waals surface area contributed by atoms with Crippen LogP contribution in [0.25, 0.3) is 16.8 Å². The summed E-state index contributed by atoms with van der Waals surface area (Å²) in [7, 11) is -2.77. The van der Waals surface area contributed by atoms with Gasteiger partial charge in [0.1, 0.15) is 10.6 Å². The normalized spacial score (nSPS) is 12.5. The molecule has 11 heteroatoms. The van der Waals surface area contributed by atoms with E-state index in [1.54, 1.807) is 0 Å². The predicted octanol–water partition coefficient (Wildman–Crippen LogP) is 2.38. The molecule has 0 radical (unpaired) electrons. The number of aromatic nitrogens is 3. The molecular formula is C15H13F3N4O3S. The van der Waals surface area contributed by atoms with Crippen LogP contribution < -0.4 is 9.88 Å². The maximum atomic E-state index is 12.9. The fraction of sp³-hybridized carbons (Fsp3) is 0.200. The van der Waals surface area contributed by atoms with E-state index in [1.165, 1.54) is 37.0 Å². The Hall–Kier alpha value is -2.66. The van der Waals surface area contributed by atoms with Gasteiger partial charge in [-0.1, -0.05) is 0 Å². The number of aryl methyl sites for hydroxylation is 1.